The van der Waals surface area contributed by atoms with E-state index in [2.05, 4.69) is 127 Å². The van der Waals surface area contributed by atoms with Gasteiger partial charge in [-0.2, -0.15) is 0 Å². The molecular formula is C71H100BBr5ClFN10NaO20S. The fourth-order valence-corrected chi connectivity index (χ4v) is 9.45. The number of cyclic esters (lactones) is 1. The summed E-state index contributed by atoms with van der Waals surface area (Å²) >= 11 is 20.1. The van der Waals surface area contributed by atoms with E-state index in [1.807, 2.05) is 51.5 Å². The van der Waals surface area contributed by atoms with Gasteiger partial charge in [-0.3, -0.25) is 33.2 Å². The van der Waals surface area contributed by atoms with Crippen LogP contribution in [-0.4, -0.2) is 218 Å². The Morgan fingerprint density at radius 1 is 0.775 bits per heavy atom. The number of nitrogens with one attached hydrogen (secondary N) is 1. The number of carboxylic acids is 4. The molecule has 5 heterocycles. The molecule has 8 rings (SSSR count). The summed E-state index contributed by atoms with van der Waals surface area (Å²) in [5.74, 6) is -0.740. The van der Waals surface area contributed by atoms with Crippen LogP contribution in [0.1, 0.15) is 124 Å². The van der Waals surface area contributed by atoms with Crippen LogP contribution in [0.3, 0.4) is 0 Å². The number of epoxide rings is 1. The van der Waals surface area contributed by atoms with Crippen LogP contribution in [0.2, 0.25) is 0 Å². The molecule has 5 aliphatic rings. The molecule has 613 valence electrons. The molecule has 0 aliphatic carbocycles. The van der Waals surface area contributed by atoms with E-state index in [9.17, 15) is 57.4 Å². The number of halogens is 7. The first kappa shape index (κ1) is 116. The Bertz CT molecular complexity index is 3670. The van der Waals surface area contributed by atoms with Gasteiger partial charge in [0.1, 0.15) is 29.3 Å². The third-order valence-electron chi connectivity index (χ3n) is 15.0. The zero-order valence-corrected chi connectivity index (χ0v) is 74.5. The number of hydrogen-bond acceptors (Lipinski definition) is 21. The van der Waals surface area contributed by atoms with Gasteiger partial charge in [-0.15, -0.1) is 17.0 Å². The molecule has 0 spiro atoms. The minimum Gasteiger partial charge on any atom is -0.399 e. The number of hydrogen-bond donors (Lipinski definition) is 12. The summed E-state index contributed by atoms with van der Waals surface area (Å²) in [6.07, 6.45) is 5.29. The number of aliphatic hydroxyl groups is 3. The number of carbonyl (C=O) groups excluding carboxylic acids is 6. The number of anilines is 1. The number of aliphatic carboxylic acids is 4. The number of morpholine rings is 1. The topological polar surface area (TPSA) is 464 Å². The van der Waals surface area contributed by atoms with E-state index >= 15 is 0 Å². The molecule has 5 saturated heterocycles. The Labute approximate surface area is 727 Å². The number of ether oxygens (including phenoxy) is 2. The molecule has 0 aromatic heterocycles. The summed E-state index contributed by atoms with van der Waals surface area (Å²) in [5.41, 5.74) is 9.22. The number of rotatable bonds is 16. The Morgan fingerprint density at radius 2 is 1.17 bits per heavy atom. The minimum absolute atomic E-state index is 0. The van der Waals surface area contributed by atoms with Crippen LogP contribution in [0.15, 0.2) is 83.2 Å². The predicted octanol–water partition coefficient (Wildman–Crippen LogP) is 8.90. The Hall–Kier alpha value is -5.78. The molecule has 40 heteroatoms. The molecule has 30 nitrogen and oxygen atoms in total. The quantitative estimate of drug-likeness (QED) is 0.00544. The summed E-state index contributed by atoms with van der Waals surface area (Å²) in [7, 11) is 3.34. The van der Waals surface area contributed by atoms with E-state index in [0.717, 1.165) is 66.5 Å². The molecular weight excluding hydrogens is 1830 g/mol. The Balaban J connectivity index is -0.000000221. The standard InChI is InChI=1S/C13H14BrNO2.C13H13NO2.C9H12BrNO3.C9H13NO3.C8H8N2.C5H9NO2.2C4H7BrO3.C4H5ClO.CH3F.CH4.BHNS.BrH.H3N2O.Na/c1-9-6-10(4-5-11(9)15-3)7-12(16)13(2,17)8-14;1-9-6-10(4-5-11(9)14-3)7-12(15)13(2)8-16-13;1-9(5-10)8(13)11-4-2-3-6(11)7(12)14-9;1-6(2)8(11)10-5-3-4-7(10)9(12)13;1-6-5-7(9)3-4-8(6)10-2;7-5(8)4-2-1-3-6-4;2*1-4(8,2-5)3(6)7;1-3(2)4(5)6;1-2;;1-2-3;;1-2-3;/h4-6,17H,7-8H2,1-2H3;4-6H,7-8H2,1-2H3;6H,2-5H2,1H3;7H,1,3-5H2,2H3,(H,12,13);3-5H,9H2,1H3;4,6H,1-3H2,(H,7,8);2*8H,2H2,1H3,(H,6,7);1H2,2H3;1H3;1H4;3H;1H;3H,1H2;/q;;;;;;;;;;;;;-1;+1/t2*13-;6-,9+;7-;;3*4-;;;;;;;/m1100.011......./s1/i;;;;;;;;;1D;;;;;. The number of ketones is 2. The molecule has 5 aliphatic heterocycles. The van der Waals surface area contributed by atoms with E-state index < -0.39 is 70.3 Å². The van der Waals surface area contributed by atoms with E-state index in [-0.39, 0.29) is 118 Å². The Morgan fingerprint density at radius 3 is 1.47 bits per heavy atom. The van der Waals surface area contributed by atoms with Crippen LogP contribution < -0.4 is 46.5 Å². The molecule has 1 radical (unpaired) electrons. The number of nitrogen functional groups attached to an aromatic ring is 1. The summed E-state index contributed by atoms with van der Waals surface area (Å²) in [6.45, 7) is 46.2. The number of nitrogens with two attached hydrogens (primary N) is 2. The maximum absolute atomic E-state index is 11.9. The van der Waals surface area contributed by atoms with Crippen molar-refractivity contribution >= 4 is 194 Å². The van der Waals surface area contributed by atoms with Crippen molar-refractivity contribution in [1.82, 2.24) is 15.1 Å². The zero-order chi connectivity index (χ0) is 85.6. The van der Waals surface area contributed by atoms with E-state index in [1.54, 1.807) is 62.1 Å². The second kappa shape index (κ2) is 60.7. The number of carboxylic acid groups (broad SMARTS) is 4. The maximum atomic E-state index is 11.9. The van der Waals surface area contributed by atoms with E-state index in [0.29, 0.717) is 71.8 Å². The second-order valence-electron chi connectivity index (χ2n) is 24.7. The van der Waals surface area contributed by atoms with Crippen molar-refractivity contribution in [3.8, 4) is 0 Å². The number of esters is 1. The van der Waals surface area contributed by atoms with Gasteiger partial charge < -0.3 is 82.7 Å². The third kappa shape index (κ3) is 45.8. The number of benzene rings is 3. The molecule has 3 aromatic rings. The summed E-state index contributed by atoms with van der Waals surface area (Å²) in [4.78, 5) is 122. The normalized spacial score (nSPS) is 18.8. The number of fused-ring (bicyclic) bond motifs is 1. The number of nitrogens with zero attached hydrogens (tertiary/aromatic N) is 7. The molecule has 0 saturated carbocycles. The van der Waals surface area contributed by atoms with Gasteiger partial charge in [0.05, 0.1) is 40.2 Å². The monoisotopic (exact) mass is 1930 g/mol. The van der Waals surface area contributed by atoms with E-state index in [4.69, 9.17) is 83.7 Å². The number of likely N-dealkylation sites (tertiary alicyclic amines) is 1. The van der Waals surface area contributed by atoms with Crippen molar-refractivity contribution in [3.63, 3.8) is 0 Å². The number of carbonyl (C=O) groups is 10. The van der Waals surface area contributed by atoms with Crippen LogP contribution in [0.25, 0.3) is 20.1 Å². The maximum Gasteiger partial charge on any atom is 1.00 e. The number of allylic oxidation sites excluding steroid dienone is 1. The first-order valence-electron chi connectivity index (χ1n) is 32.5. The van der Waals surface area contributed by atoms with Crippen molar-refractivity contribution in [2.45, 2.75) is 174 Å². The van der Waals surface area contributed by atoms with Crippen LogP contribution in [-0.2, 0) is 70.3 Å². The largest absolute Gasteiger partial charge is 1.00 e. The third-order valence-corrected chi connectivity index (χ3v) is 19.6. The summed E-state index contributed by atoms with van der Waals surface area (Å²) in [5, 5.41) is 70.8. The van der Waals surface area contributed by atoms with Crippen molar-refractivity contribution in [2.24, 2.45) is 10.1 Å². The summed E-state index contributed by atoms with van der Waals surface area (Å²) < 4.78 is 28.5. The SMILES string of the molecule is Br.C.C=C(C)C(=O)Cl.C=C(C)C(=O)N1CCC[C@H]1C(=O)O.C[C@@](O)(CBr)C(=O)O.C[C@@](O)(CBr)C(=O)O.C[C@]1(CBr)OC(=O)[C@@H]2CCCN2C1=O.N[N-]O.O=C(O)[C@@H]1CCCN1.[2H]CF.[B]=NS.[C-]#[N+]c1ccc(CC(=O)[C@@]2(C)CO2)cc1C.[C-]#[N+]c1ccc(CC(=O)[C@](C)(O)CBr)cc1C.[C-]#[N+]c1ccc(N)cc1C.[Na+]. The number of alkyl halides is 5. The van der Waals surface area contributed by atoms with Gasteiger partial charge in [0.25, 0.3) is 5.91 Å². The van der Waals surface area contributed by atoms with E-state index in [1.165, 1.54) is 25.7 Å². The van der Waals surface area contributed by atoms with Crippen LogP contribution in [0, 0.1) is 40.5 Å². The van der Waals surface area contributed by atoms with Crippen molar-refractivity contribution in [2.75, 3.05) is 60.4 Å². The van der Waals surface area contributed by atoms with Gasteiger partial charge >= 0.3 is 84.2 Å². The average Bonchev–Trinajstić information content (AvgIpc) is 1.51. The van der Waals surface area contributed by atoms with Gasteiger partial charge in [0, 0.05) is 58.8 Å². The molecule has 13 N–H and O–H groups in total. The first-order chi connectivity index (χ1) is 50.5. The predicted molar refractivity (Wildman–Crippen MR) is 442 cm³/mol. The minimum atomic E-state index is -1.62. The van der Waals surface area contributed by atoms with Gasteiger partial charge in [0.15, 0.2) is 45.4 Å². The molecule has 8 atom stereocenters. The average molecular weight is 1930 g/mol. The Kier molecular flexibility index (Phi) is 63.5. The first-order valence-corrected chi connectivity index (χ1v) is 37.0. The summed E-state index contributed by atoms with van der Waals surface area (Å²) in [6, 6.07) is 14.8. The van der Waals surface area contributed by atoms with Crippen molar-refractivity contribution in [3.05, 3.63) is 147 Å². The van der Waals surface area contributed by atoms with Gasteiger partial charge in [-0.05, 0) is 166 Å². The van der Waals surface area contributed by atoms with Gasteiger partial charge in [-0.25, -0.2) is 33.7 Å². The van der Waals surface area contributed by atoms with Gasteiger partial charge in [0.2, 0.25) is 11.1 Å². The molecule has 5 fully saturated rings. The van der Waals surface area contributed by atoms with Crippen LogP contribution >= 0.6 is 105 Å². The number of Topliss-reactive ketones (excluding diaryl/α,β-unsaturated/α-hetero) is 2. The van der Waals surface area contributed by atoms with Crippen LogP contribution in [0.5, 0.6) is 0 Å². The number of aryl methyl sites for hydroxylation is 3. The van der Waals surface area contributed by atoms with Crippen LogP contribution in [0.4, 0.5) is 27.1 Å². The smallest absolute Gasteiger partial charge is 0.399 e. The van der Waals surface area contributed by atoms with Crippen molar-refractivity contribution < 1.29 is 134 Å². The number of thiol groups is 1. The molecule has 2 amide bonds. The fourth-order valence-electron chi connectivity index (χ4n) is 8.30. The zero-order valence-electron chi connectivity index (χ0n) is 63.8. The molecule has 3 aromatic carbocycles. The molecule has 0 bridgehead atoms. The molecule has 111 heavy (non-hydrogen) atoms. The van der Waals surface area contributed by atoms with Gasteiger partial charge in [-0.1, -0.05) is 127 Å². The fraction of sp³-hybridized carbons (Fsp3) is 0.507. The second-order valence-corrected chi connectivity index (χ2v) is 27.5. The molecule has 0 unspecified atom stereocenters. The number of amides is 2. The van der Waals surface area contributed by atoms with Crippen molar-refractivity contribution in [1.29, 1.82) is 0 Å².